The fourth-order valence-electron chi connectivity index (χ4n) is 1.46. The first kappa shape index (κ1) is 9.96. The van der Waals surface area contributed by atoms with Gasteiger partial charge in [-0.25, -0.2) is 0 Å². The quantitative estimate of drug-likeness (QED) is 0.826. The molecule has 1 aromatic carbocycles. The highest BCUT2D eigenvalue weighted by Gasteiger charge is 2.06. The van der Waals surface area contributed by atoms with Gasteiger partial charge >= 0.3 is 0 Å². The second-order valence-electron chi connectivity index (χ2n) is 3.04. The van der Waals surface area contributed by atoms with Crippen LogP contribution in [0.1, 0.15) is 11.1 Å². The average molecular weight is 273 g/mol. The molecule has 2 nitrogen and oxygen atoms in total. The van der Waals surface area contributed by atoms with Crippen LogP contribution in [0.4, 0.5) is 0 Å². The molecular formula is C10H9BrO2S. The minimum absolute atomic E-state index is 0.0363. The van der Waals surface area contributed by atoms with Crippen molar-refractivity contribution in [3.8, 4) is 5.06 Å². The van der Waals surface area contributed by atoms with E-state index in [2.05, 4.69) is 15.9 Å². The Hall–Kier alpha value is -0.580. The Balaban J connectivity index is 2.72. The summed E-state index contributed by atoms with van der Waals surface area (Å²) in [6.45, 7) is 0.0363. The molecule has 0 spiro atoms. The smallest absolute Gasteiger partial charge is 0.172 e. The van der Waals surface area contributed by atoms with E-state index in [-0.39, 0.29) is 6.61 Å². The van der Waals surface area contributed by atoms with Crippen LogP contribution in [-0.4, -0.2) is 10.2 Å². The summed E-state index contributed by atoms with van der Waals surface area (Å²) >= 11 is 4.73. The predicted octanol–water partition coefficient (Wildman–Crippen LogP) is 2.99. The topological polar surface area (TPSA) is 40.5 Å². The third-order valence-electron chi connectivity index (χ3n) is 2.10. The molecule has 0 aliphatic carbocycles. The zero-order chi connectivity index (χ0) is 10.1. The molecule has 0 aliphatic heterocycles. The molecule has 0 amide bonds. The van der Waals surface area contributed by atoms with Crippen LogP contribution in [0.5, 0.6) is 5.06 Å². The Kier molecular flexibility index (Phi) is 2.76. The number of aromatic hydroxyl groups is 1. The lowest BCUT2D eigenvalue weighted by molar-refractivity contribution is 0.282. The van der Waals surface area contributed by atoms with Gasteiger partial charge in [-0.1, -0.05) is 33.3 Å². The third-order valence-corrected chi connectivity index (χ3v) is 3.59. The van der Waals surface area contributed by atoms with Crippen molar-refractivity contribution in [2.75, 3.05) is 0 Å². The normalized spacial score (nSPS) is 11.0. The van der Waals surface area contributed by atoms with Crippen molar-refractivity contribution in [3.05, 3.63) is 29.3 Å². The number of fused-ring (bicyclic) bond motifs is 1. The highest BCUT2D eigenvalue weighted by atomic mass is 79.9. The molecule has 1 aromatic heterocycles. The summed E-state index contributed by atoms with van der Waals surface area (Å²) in [5, 5.41) is 20.5. The third kappa shape index (κ3) is 1.65. The Morgan fingerprint density at radius 3 is 2.71 bits per heavy atom. The van der Waals surface area contributed by atoms with E-state index in [4.69, 9.17) is 5.11 Å². The lowest BCUT2D eigenvalue weighted by Crippen LogP contribution is -1.86. The number of aliphatic hydroxyl groups is 1. The lowest BCUT2D eigenvalue weighted by atomic mass is 10.1. The first-order chi connectivity index (χ1) is 6.74. The summed E-state index contributed by atoms with van der Waals surface area (Å²) in [6.07, 6.45) is 0. The SMILES string of the molecule is OCc1cc(CBr)c2cc(O)sc2c1. The van der Waals surface area contributed by atoms with Gasteiger partial charge in [-0.05, 0) is 23.3 Å². The van der Waals surface area contributed by atoms with Crippen molar-refractivity contribution < 1.29 is 10.2 Å². The number of hydrogen-bond acceptors (Lipinski definition) is 3. The fourth-order valence-corrected chi connectivity index (χ4v) is 2.84. The molecular weight excluding hydrogens is 264 g/mol. The molecule has 0 saturated carbocycles. The fraction of sp³-hybridized carbons (Fsp3) is 0.200. The lowest BCUT2D eigenvalue weighted by Gasteiger charge is -2.01. The van der Waals surface area contributed by atoms with Crippen LogP contribution in [0.25, 0.3) is 10.1 Å². The number of aliphatic hydroxyl groups excluding tert-OH is 1. The van der Waals surface area contributed by atoms with Gasteiger partial charge in [0.25, 0.3) is 0 Å². The molecule has 0 aliphatic rings. The maximum absolute atomic E-state index is 9.38. The van der Waals surface area contributed by atoms with Gasteiger partial charge in [0.2, 0.25) is 0 Å². The summed E-state index contributed by atoms with van der Waals surface area (Å²) in [6, 6.07) is 5.62. The van der Waals surface area contributed by atoms with E-state index in [0.717, 1.165) is 26.5 Å². The van der Waals surface area contributed by atoms with Crippen molar-refractivity contribution in [3.63, 3.8) is 0 Å². The maximum Gasteiger partial charge on any atom is 0.172 e. The van der Waals surface area contributed by atoms with Crippen molar-refractivity contribution in [1.82, 2.24) is 0 Å². The second-order valence-corrected chi connectivity index (χ2v) is 4.67. The van der Waals surface area contributed by atoms with E-state index in [1.54, 1.807) is 6.07 Å². The van der Waals surface area contributed by atoms with Crippen molar-refractivity contribution in [2.24, 2.45) is 0 Å². The summed E-state index contributed by atoms with van der Waals surface area (Å²) in [7, 11) is 0. The number of alkyl halides is 1. The van der Waals surface area contributed by atoms with E-state index in [0.29, 0.717) is 5.06 Å². The van der Waals surface area contributed by atoms with Gasteiger partial charge < -0.3 is 10.2 Å². The zero-order valence-electron chi connectivity index (χ0n) is 7.33. The first-order valence-electron chi connectivity index (χ1n) is 4.15. The van der Waals surface area contributed by atoms with Gasteiger partial charge in [-0.15, -0.1) is 0 Å². The molecule has 0 unspecified atom stereocenters. The van der Waals surface area contributed by atoms with Crippen molar-refractivity contribution in [1.29, 1.82) is 0 Å². The molecule has 14 heavy (non-hydrogen) atoms. The van der Waals surface area contributed by atoms with Gasteiger partial charge in [0, 0.05) is 15.4 Å². The summed E-state index contributed by atoms with van der Waals surface area (Å²) in [5.41, 5.74) is 1.98. The molecule has 2 N–H and O–H groups in total. The number of thiophene rings is 1. The van der Waals surface area contributed by atoms with Crippen LogP contribution in [-0.2, 0) is 11.9 Å². The molecule has 0 bridgehead atoms. The molecule has 1 heterocycles. The molecule has 4 heteroatoms. The molecule has 2 aromatic rings. The molecule has 0 saturated heterocycles. The first-order valence-corrected chi connectivity index (χ1v) is 6.09. The number of rotatable bonds is 2. The van der Waals surface area contributed by atoms with Crippen molar-refractivity contribution in [2.45, 2.75) is 11.9 Å². The Morgan fingerprint density at radius 1 is 1.29 bits per heavy atom. The van der Waals surface area contributed by atoms with Crippen LogP contribution >= 0.6 is 27.3 Å². The molecule has 0 fully saturated rings. The molecule has 0 radical (unpaired) electrons. The van der Waals surface area contributed by atoms with Crippen molar-refractivity contribution >= 4 is 37.4 Å². The van der Waals surface area contributed by atoms with E-state index in [9.17, 15) is 5.11 Å². The highest BCUT2D eigenvalue weighted by molar-refractivity contribution is 9.08. The molecule has 2 rings (SSSR count). The van der Waals surface area contributed by atoms with Crippen LogP contribution < -0.4 is 0 Å². The van der Waals surface area contributed by atoms with Crippen LogP contribution in [0.2, 0.25) is 0 Å². The minimum Gasteiger partial charge on any atom is -0.499 e. The van der Waals surface area contributed by atoms with E-state index < -0.39 is 0 Å². The zero-order valence-corrected chi connectivity index (χ0v) is 9.73. The monoisotopic (exact) mass is 272 g/mol. The summed E-state index contributed by atoms with van der Waals surface area (Å²) < 4.78 is 1.02. The molecule has 74 valence electrons. The van der Waals surface area contributed by atoms with Crippen LogP contribution in [0, 0.1) is 0 Å². The van der Waals surface area contributed by atoms with Gasteiger partial charge in [-0.2, -0.15) is 0 Å². The maximum atomic E-state index is 9.38. The minimum atomic E-state index is 0.0363. The largest absolute Gasteiger partial charge is 0.499 e. The van der Waals surface area contributed by atoms with E-state index in [1.165, 1.54) is 11.3 Å². The number of benzene rings is 1. The van der Waals surface area contributed by atoms with Gasteiger partial charge in [-0.3, -0.25) is 0 Å². The Labute approximate surface area is 93.9 Å². The predicted molar refractivity (Wildman–Crippen MR) is 62.0 cm³/mol. The van der Waals surface area contributed by atoms with Gasteiger partial charge in [0.1, 0.15) is 0 Å². The number of halogens is 1. The van der Waals surface area contributed by atoms with E-state index >= 15 is 0 Å². The van der Waals surface area contributed by atoms with Crippen LogP contribution in [0.3, 0.4) is 0 Å². The highest BCUT2D eigenvalue weighted by Crippen LogP contribution is 2.34. The van der Waals surface area contributed by atoms with E-state index in [1.807, 2.05) is 12.1 Å². The van der Waals surface area contributed by atoms with Gasteiger partial charge in [0.05, 0.1) is 6.61 Å². The Morgan fingerprint density at radius 2 is 2.07 bits per heavy atom. The summed E-state index contributed by atoms with van der Waals surface area (Å²) in [4.78, 5) is 0. The van der Waals surface area contributed by atoms with Gasteiger partial charge in [0.15, 0.2) is 5.06 Å². The Bertz CT molecular complexity index is 464. The average Bonchev–Trinajstić information content (AvgIpc) is 2.56. The van der Waals surface area contributed by atoms with Crippen LogP contribution in [0.15, 0.2) is 18.2 Å². The standard InChI is InChI=1S/C10H9BrO2S/c11-4-7-1-6(5-12)2-9-8(7)3-10(13)14-9/h1-3,12-13H,4-5H2. The molecule has 0 atom stereocenters. The summed E-state index contributed by atoms with van der Waals surface area (Å²) in [5.74, 6) is 0. The number of hydrogen-bond donors (Lipinski definition) is 2. The second kappa shape index (κ2) is 3.88.